The van der Waals surface area contributed by atoms with Crippen LogP contribution in [0.25, 0.3) is 0 Å². The Morgan fingerprint density at radius 3 is 2.71 bits per heavy atom. The minimum Gasteiger partial charge on any atom is -0.207 e. The van der Waals surface area contributed by atoms with Gasteiger partial charge < -0.3 is 0 Å². The Labute approximate surface area is 83.2 Å². The standard InChI is InChI=1S/C12H12FN/c1-2-12(5-6-12)11-4-3-10(13)7-9(11)8-14/h3-4,7H,2,5-6H2,1H3. The van der Waals surface area contributed by atoms with E-state index >= 15 is 0 Å². The number of nitrogens with zero attached hydrogens (tertiary/aromatic N) is 1. The first-order valence-electron chi connectivity index (χ1n) is 4.92. The van der Waals surface area contributed by atoms with E-state index in [0.717, 1.165) is 24.8 Å². The van der Waals surface area contributed by atoms with E-state index in [4.69, 9.17) is 5.26 Å². The third kappa shape index (κ3) is 1.29. The zero-order valence-electron chi connectivity index (χ0n) is 8.18. The molecule has 1 nitrogen and oxygen atoms in total. The third-order valence-electron chi connectivity index (χ3n) is 3.20. The Morgan fingerprint density at radius 2 is 2.21 bits per heavy atom. The monoisotopic (exact) mass is 189 g/mol. The van der Waals surface area contributed by atoms with Crippen LogP contribution in [0.3, 0.4) is 0 Å². The average Bonchev–Trinajstić information content (AvgIpc) is 2.98. The molecule has 72 valence electrons. The van der Waals surface area contributed by atoms with E-state index in [2.05, 4.69) is 13.0 Å². The molecular formula is C12H12FN. The van der Waals surface area contributed by atoms with Gasteiger partial charge >= 0.3 is 0 Å². The number of rotatable bonds is 2. The van der Waals surface area contributed by atoms with Crippen LogP contribution in [0.15, 0.2) is 18.2 Å². The van der Waals surface area contributed by atoms with Crippen LogP contribution >= 0.6 is 0 Å². The van der Waals surface area contributed by atoms with E-state index in [1.165, 1.54) is 12.1 Å². The van der Waals surface area contributed by atoms with Crippen LogP contribution in [0.2, 0.25) is 0 Å². The molecule has 0 radical (unpaired) electrons. The lowest BCUT2D eigenvalue weighted by Gasteiger charge is -2.14. The molecule has 2 rings (SSSR count). The van der Waals surface area contributed by atoms with Crippen LogP contribution in [0.5, 0.6) is 0 Å². The number of halogens is 1. The maximum Gasteiger partial charge on any atom is 0.124 e. The smallest absolute Gasteiger partial charge is 0.124 e. The second-order valence-corrected chi connectivity index (χ2v) is 3.94. The Kier molecular flexibility index (Phi) is 2.03. The third-order valence-corrected chi connectivity index (χ3v) is 3.20. The number of benzene rings is 1. The van der Waals surface area contributed by atoms with Gasteiger partial charge in [0.1, 0.15) is 5.82 Å². The highest BCUT2D eigenvalue weighted by Gasteiger charge is 2.43. The van der Waals surface area contributed by atoms with Gasteiger partial charge in [-0.1, -0.05) is 13.0 Å². The zero-order chi connectivity index (χ0) is 10.2. The van der Waals surface area contributed by atoms with E-state index < -0.39 is 0 Å². The van der Waals surface area contributed by atoms with Crippen LogP contribution in [-0.2, 0) is 5.41 Å². The molecule has 1 aromatic carbocycles. The summed E-state index contributed by atoms with van der Waals surface area (Å²) in [5.74, 6) is -0.322. The molecule has 14 heavy (non-hydrogen) atoms. The first-order valence-corrected chi connectivity index (χ1v) is 4.92. The minimum absolute atomic E-state index is 0.179. The molecule has 1 aliphatic carbocycles. The highest BCUT2D eigenvalue weighted by molar-refractivity contribution is 5.45. The Morgan fingerprint density at radius 1 is 1.50 bits per heavy atom. The van der Waals surface area contributed by atoms with Crippen molar-refractivity contribution in [3.8, 4) is 6.07 Å². The number of hydrogen-bond donors (Lipinski definition) is 0. The summed E-state index contributed by atoms with van der Waals surface area (Å²) >= 11 is 0. The number of hydrogen-bond acceptors (Lipinski definition) is 1. The van der Waals surface area contributed by atoms with Crippen LogP contribution in [0, 0.1) is 17.1 Å². The molecule has 0 heterocycles. The van der Waals surface area contributed by atoms with Crippen molar-refractivity contribution in [3.05, 3.63) is 35.1 Å². The largest absolute Gasteiger partial charge is 0.207 e. The Bertz CT molecular complexity index is 399. The van der Waals surface area contributed by atoms with Gasteiger partial charge in [0, 0.05) is 0 Å². The lowest BCUT2D eigenvalue weighted by molar-refractivity contribution is 0.618. The fourth-order valence-electron chi connectivity index (χ4n) is 2.04. The summed E-state index contributed by atoms with van der Waals surface area (Å²) in [5.41, 5.74) is 1.71. The van der Waals surface area contributed by atoms with Gasteiger partial charge in [-0.3, -0.25) is 0 Å². The van der Waals surface area contributed by atoms with Gasteiger partial charge in [-0.05, 0) is 42.4 Å². The normalized spacial score (nSPS) is 17.5. The fraction of sp³-hybridized carbons (Fsp3) is 0.417. The van der Waals surface area contributed by atoms with E-state index in [-0.39, 0.29) is 11.2 Å². The quantitative estimate of drug-likeness (QED) is 0.701. The maximum atomic E-state index is 12.9. The van der Waals surface area contributed by atoms with Gasteiger partial charge in [0.15, 0.2) is 0 Å². The van der Waals surface area contributed by atoms with Gasteiger partial charge in [0.05, 0.1) is 11.6 Å². The van der Waals surface area contributed by atoms with E-state index in [9.17, 15) is 4.39 Å². The summed E-state index contributed by atoms with van der Waals surface area (Å²) in [4.78, 5) is 0. The van der Waals surface area contributed by atoms with Gasteiger partial charge in [0.2, 0.25) is 0 Å². The van der Waals surface area contributed by atoms with Gasteiger partial charge in [0.25, 0.3) is 0 Å². The van der Waals surface area contributed by atoms with Gasteiger partial charge in [-0.25, -0.2) is 4.39 Å². The average molecular weight is 189 g/mol. The first kappa shape index (κ1) is 9.21. The van der Waals surface area contributed by atoms with Gasteiger partial charge in [-0.15, -0.1) is 0 Å². The van der Waals surface area contributed by atoms with Crippen molar-refractivity contribution in [1.82, 2.24) is 0 Å². The van der Waals surface area contributed by atoms with Crippen molar-refractivity contribution in [2.24, 2.45) is 0 Å². The summed E-state index contributed by atoms with van der Waals surface area (Å²) < 4.78 is 12.9. The van der Waals surface area contributed by atoms with Crippen molar-refractivity contribution in [1.29, 1.82) is 5.26 Å². The molecule has 2 heteroatoms. The molecule has 0 saturated heterocycles. The summed E-state index contributed by atoms with van der Waals surface area (Å²) in [6, 6.07) is 6.63. The Balaban J connectivity index is 2.49. The van der Waals surface area contributed by atoms with E-state index in [0.29, 0.717) is 5.56 Å². The van der Waals surface area contributed by atoms with Crippen LogP contribution in [0.4, 0.5) is 4.39 Å². The molecule has 0 aromatic heterocycles. The topological polar surface area (TPSA) is 23.8 Å². The molecule has 0 spiro atoms. The summed E-state index contributed by atoms with van der Waals surface area (Å²) in [6.07, 6.45) is 3.29. The fourth-order valence-corrected chi connectivity index (χ4v) is 2.04. The van der Waals surface area contributed by atoms with Crippen LogP contribution in [0.1, 0.15) is 37.3 Å². The SMILES string of the molecule is CCC1(c2ccc(F)cc2C#N)CC1. The second-order valence-electron chi connectivity index (χ2n) is 3.94. The molecule has 1 fully saturated rings. The predicted octanol–water partition coefficient (Wildman–Crippen LogP) is 3.14. The van der Waals surface area contributed by atoms with Crippen molar-refractivity contribution < 1.29 is 4.39 Å². The van der Waals surface area contributed by atoms with Crippen LogP contribution in [-0.4, -0.2) is 0 Å². The van der Waals surface area contributed by atoms with Crippen molar-refractivity contribution in [2.45, 2.75) is 31.6 Å². The lowest BCUT2D eigenvalue weighted by Crippen LogP contribution is -2.07. The van der Waals surface area contributed by atoms with Crippen LogP contribution < -0.4 is 0 Å². The Hall–Kier alpha value is -1.36. The molecule has 1 aromatic rings. The molecule has 0 N–H and O–H groups in total. The molecule has 0 bridgehead atoms. The number of nitriles is 1. The molecule has 1 saturated carbocycles. The van der Waals surface area contributed by atoms with Gasteiger partial charge in [-0.2, -0.15) is 5.26 Å². The molecule has 0 amide bonds. The summed E-state index contributed by atoms with van der Waals surface area (Å²) in [7, 11) is 0. The van der Waals surface area contributed by atoms with E-state index in [1.54, 1.807) is 6.07 Å². The molecular weight excluding hydrogens is 177 g/mol. The van der Waals surface area contributed by atoms with Crippen molar-refractivity contribution in [2.75, 3.05) is 0 Å². The molecule has 1 aliphatic rings. The van der Waals surface area contributed by atoms with Crippen molar-refractivity contribution >= 4 is 0 Å². The molecule has 0 atom stereocenters. The predicted molar refractivity (Wildman–Crippen MR) is 52.3 cm³/mol. The molecule has 0 aliphatic heterocycles. The highest BCUT2D eigenvalue weighted by atomic mass is 19.1. The summed E-state index contributed by atoms with van der Waals surface area (Å²) in [6.45, 7) is 2.12. The van der Waals surface area contributed by atoms with E-state index in [1.807, 2.05) is 0 Å². The maximum absolute atomic E-state index is 12.9. The molecule has 0 unspecified atom stereocenters. The lowest BCUT2D eigenvalue weighted by atomic mass is 9.89. The highest BCUT2D eigenvalue weighted by Crippen LogP contribution is 2.51. The summed E-state index contributed by atoms with van der Waals surface area (Å²) in [5, 5.41) is 8.91. The first-order chi connectivity index (χ1) is 6.72. The second kappa shape index (κ2) is 3.09. The zero-order valence-corrected chi connectivity index (χ0v) is 8.18. The van der Waals surface area contributed by atoms with Crippen molar-refractivity contribution in [3.63, 3.8) is 0 Å². The minimum atomic E-state index is -0.322.